The van der Waals surface area contributed by atoms with Gasteiger partial charge in [0.05, 0.1) is 19.9 Å². The molecule has 0 bridgehead atoms. The van der Waals surface area contributed by atoms with E-state index in [4.69, 9.17) is 15.2 Å². The molecule has 0 saturated carbocycles. The van der Waals surface area contributed by atoms with Gasteiger partial charge in [0.1, 0.15) is 17.1 Å². The lowest BCUT2D eigenvalue weighted by molar-refractivity contribution is 0.377. The van der Waals surface area contributed by atoms with Crippen LogP contribution in [0.4, 0.5) is 5.69 Å². The van der Waals surface area contributed by atoms with Gasteiger partial charge in [0.15, 0.2) is 11.5 Å². The molecule has 0 radical (unpaired) electrons. The summed E-state index contributed by atoms with van der Waals surface area (Å²) in [6.07, 6.45) is 0. The monoisotopic (exact) mass is 232 g/mol. The molecule has 1 unspecified atom stereocenters. The van der Waals surface area contributed by atoms with Crippen LogP contribution in [-0.4, -0.2) is 23.0 Å². The quantitative estimate of drug-likeness (QED) is 0.598. The van der Waals surface area contributed by atoms with Crippen LogP contribution in [0.2, 0.25) is 0 Å². The molecule has 1 atom stereocenters. The number of nitrogens with two attached hydrogens (primary N) is 1. The summed E-state index contributed by atoms with van der Waals surface area (Å²) >= 11 is -2.67. The Morgan fingerprint density at radius 1 is 1.20 bits per heavy atom. The fourth-order valence-electron chi connectivity index (χ4n) is 1.03. The van der Waals surface area contributed by atoms with E-state index in [0.29, 0.717) is 11.4 Å². The van der Waals surface area contributed by atoms with Gasteiger partial charge in [-0.25, -0.2) is 4.21 Å². The molecule has 0 aliphatic carbocycles. The van der Waals surface area contributed by atoms with E-state index in [1.54, 1.807) is 0 Å². The third kappa shape index (κ3) is 2.74. The summed E-state index contributed by atoms with van der Waals surface area (Å²) in [5.74, 6) is 0.561. The van der Waals surface area contributed by atoms with E-state index in [-0.39, 0.29) is 11.5 Å². The van der Waals surface area contributed by atoms with Crippen molar-refractivity contribution in [2.75, 3.05) is 20.0 Å². The zero-order valence-corrected chi connectivity index (χ0v) is 9.00. The SMILES string of the molecule is COc1cc(OS(=O)[O-])c(OC)cc1N. The van der Waals surface area contributed by atoms with Crippen LogP contribution >= 0.6 is 0 Å². The van der Waals surface area contributed by atoms with Crippen LogP contribution in [0.1, 0.15) is 0 Å². The first-order valence-electron chi connectivity index (χ1n) is 3.87. The topological polar surface area (TPSA) is 93.8 Å². The molecular formula is C8H10NO5S-. The fraction of sp³-hybridized carbons (Fsp3) is 0.250. The number of nitrogen functional groups attached to an aromatic ring is 1. The molecule has 0 aliphatic heterocycles. The molecule has 0 heterocycles. The van der Waals surface area contributed by atoms with E-state index < -0.39 is 11.4 Å². The van der Waals surface area contributed by atoms with E-state index in [1.807, 2.05) is 0 Å². The molecular weight excluding hydrogens is 222 g/mol. The number of ether oxygens (including phenoxy) is 2. The van der Waals surface area contributed by atoms with Gasteiger partial charge in [-0.1, -0.05) is 0 Å². The summed E-state index contributed by atoms with van der Waals surface area (Å²) in [7, 11) is 2.79. The zero-order chi connectivity index (χ0) is 11.4. The number of benzene rings is 1. The molecule has 15 heavy (non-hydrogen) atoms. The second-order valence-corrected chi connectivity index (χ2v) is 3.11. The van der Waals surface area contributed by atoms with Crippen molar-refractivity contribution < 1.29 is 22.4 Å². The second kappa shape index (κ2) is 4.85. The smallest absolute Gasteiger partial charge is 0.184 e. The summed E-state index contributed by atoms with van der Waals surface area (Å²) in [5, 5.41) is 0. The van der Waals surface area contributed by atoms with Gasteiger partial charge in [-0.2, -0.15) is 0 Å². The van der Waals surface area contributed by atoms with E-state index in [2.05, 4.69) is 4.18 Å². The Kier molecular flexibility index (Phi) is 3.75. The number of rotatable bonds is 4. The average molecular weight is 232 g/mol. The van der Waals surface area contributed by atoms with Crippen LogP contribution in [0, 0.1) is 0 Å². The van der Waals surface area contributed by atoms with Crippen molar-refractivity contribution in [1.82, 2.24) is 0 Å². The Morgan fingerprint density at radius 2 is 1.80 bits per heavy atom. The normalized spacial score (nSPS) is 11.9. The van der Waals surface area contributed by atoms with Crippen LogP contribution in [0.5, 0.6) is 17.2 Å². The predicted octanol–water partition coefficient (Wildman–Crippen LogP) is 0.459. The maximum Gasteiger partial charge on any atom is 0.184 e. The molecule has 0 saturated heterocycles. The Morgan fingerprint density at radius 3 is 2.27 bits per heavy atom. The summed E-state index contributed by atoms with van der Waals surface area (Å²) in [4.78, 5) is 0. The van der Waals surface area contributed by atoms with Crippen LogP contribution in [0.3, 0.4) is 0 Å². The Balaban J connectivity index is 3.16. The molecule has 0 aromatic heterocycles. The van der Waals surface area contributed by atoms with E-state index in [9.17, 15) is 8.76 Å². The van der Waals surface area contributed by atoms with Gasteiger partial charge in [-0.15, -0.1) is 0 Å². The van der Waals surface area contributed by atoms with Crippen molar-refractivity contribution in [2.24, 2.45) is 0 Å². The molecule has 1 aromatic carbocycles. The van der Waals surface area contributed by atoms with Gasteiger partial charge in [0, 0.05) is 12.1 Å². The molecule has 7 heteroatoms. The highest BCUT2D eigenvalue weighted by molar-refractivity contribution is 7.74. The van der Waals surface area contributed by atoms with Crippen molar-refractivity contribution in [1.29, 1.82) is 0 Å². The van der Waals surface area contributed by atoms with Crippen molar-refractivity contribution in [3.8, 4) is 17.2 Å². The minimum atomic E-state index is -2.67. The number of hydrogen-bond acceptors (Lipinski definition) is 6. The molecule has 0 aliphatic rings. The largest absolute Gasteiger partial charge is 0.740 e. The Hall–Kier alpha value is -1.47. The Labute approximate surface area is 89.4 Å². The Bertz CT molecular complexity index is 382. The van der Waals surface area contributed by atoms with Crippen LogP contribution in [-0.2, 0) is 11.4 Å². The highest BCUT2D eigenvalue weighted by atomic mass is 32.2. The molecule has 1 aromatic rings. The molecule has 6 nitrogen and oxygen atoms in total. The van der Waals surface area contributed by atoms with E-state index in [1.165, 1.54) is 26.4 Å². The third-order valence-corrected chi connectivity index (χ3v) is 1.99. The van der Waals surface area contributed by atoms with Gasteiger partial charge in [0.2, 0.25) is 0 Å². The van der Waals surface area contributed by atoms with Crippen LogP contribution in [0.25, 0.3) is 0 Å². The lowest BCUT2D eigenvalue weighted by atomic mass is 10.2. The first kappa shape index (κ1) is 11.6. The maximum atomic E-state index is 10.4. The lowest BCUT2D eigenvalue weighted by Crippen LogP contribution is -2.02. The molecule has 84 valence electrons. The summed E-state index contributed by atoms with van der Waals surface area (Å²) in [6.45, 7) is 0. The number of anilines is 1. The molecule has 0 amide bonds. The third-order valence-electron chi connectivity index (χ3n) is 1.67. The van der Waals surface area contributed by atoms with Crippen molar-refractivity contribution in [3.05, 3.63) is 12.1 Å². The van der Waals surface area contributed by atoms with Crippen LogP contribution < -0.4 is 19.4 Å². The number of methoxy groups -OCH3 is 2. The first-order chi connectivity index (χ1) is 7.08. The number of hydrogen-bond donors (Lipinski definition) is 1. The highest BCUT2D eigenvalue weighted by Gasteiger charge is 2.10. The molecule has 0 spiro atoms. The van der Waals surface area contributed by atoms with Gasteiger partial charge in [-0.05, 0) is 0 Å². The summed E-state index contributed by atoms with van der Waals surface area (Å²) in [6, 6.07) is 2.75. The fourth-order valence-corrected chi connectivity index (χ4v) is 1.31. The van der Waals surface area contributed by atoms with Crippen molar-refractivity contribution >= 4 is 17.0 Å². The average Bonchev–Trinajstić information content (AvgIpc) is 2.19. The molecule has 2 N–H and O–H groups in total. The standard InChI is InChI=1S/C8H11NO5S/c1-12-6-4-8(14-15(10)11)7(13-2)3-5(6)9/h3-4H,9H2,1-2H3,(H,10,11)/p-1. The van der Waals surface area contributed by atoms with Gasteiger partial charge in [0.25, 0.3) is 0 Å². The first-order valence-corrected chi connectivity index (χ1v) is 4.87. The zero-order valence-electron chi connectivity index (χ0n) is 8.18. The van der Waals surface area contributed by atoms with E-state index >= 15 is 0 Å². The van der Waals surface area contributed by atoms with Gasteiger partial charge in [-0.3, -0.25) is 0 Å². The van der Waals surface area contributed by atoms with Crippen molar-refractivity contribution in [2.45, 2.75) is 0 Å². The lowest BCUT2D eigenvalue weighted by Gasteiger charge is -2.13. The van der Waals surface area contributed by atoms with E-state index in [0.717, 1.165) is 0 Å². The molecule has 0 fully saturated rings. The van der Waals surface area contributed by atoms with Crippen molar-refractivity contribution in [3.63, 3.8) is 0 Å². The highest BCUT2D eigenvalue weighted by Crippen LogP contribution is 2.36. The minimum Gasteiger partial charge on any atom is -0.740 e. The van der Waals surface area contributed by atoms with Gasteiger partial charge >= 0.3 is 0 Å². The minimum absolute atomic E-state index is 0.0249. The predicted molar refractivity (Wildman–Crippen MR) is 53.5 cm³/mol. The maximum absolute atomic E-state index is 10.4. The van der Waals surface area contributed by atoms with Crippen LogP contribution in [0.15, 0.2) is 12.1 Å². The molecule has 1 rings (SSSR count). The summed E-state index contributed by atoms with van der Waals surface area (Å²) in [5.41, 5.74) is 5.92. The van der Waals surface area contributed by atoms with Gasteiger partial charge < -0.3 is 23.9 Å². The second-order valence-electron chi connectivity index (χ2n) is 2.53. The summed E-state index contributed by atoms with van der Waals surface area (Å²) < 4.78 is 35.0.